The fourth-order valence-electron chi connectivity index (χ4n) is 1.58. The summed E-state index contributed by atoms with van der Waals surface area (Å²) < 4.78 is 39.6. The first-order chi connectivity index (χ1) is 8.49. The fourth-order valence-corrected chi connectivity index (χ4v) is 1.58. The normalized spacial score (nSPS) is 10.4. The lowest BCUT2D eigenvalue weighted by molar-refractivity contribution is 0.103. The Kier molecular flexibility index (Phi) is 3.06. The van der Waals surface area contributed by atoms with Crippen molar-refractivity contribution < 1.29 is 18.0 Å². The van der Waals surface area contributed by atoms with E-state index in [2.05, 4.69) is 0 Å². The predicted molar refractivity (Wildman–Crippen MR) is 60.6 cm³/mol. The number of carbonyl (C=O) groups is 1. The van der Waals surface area contributed by atoms with Gasteiger partial charge in [-0.25, -0.2) is 13.2 Å². The summed E-state index contributed by atoms with van der Waals surface area (Å²) in [4.78, 5) is 11.9. The molecule has 92 valence electrons. The molecule has 0 heterocycles. The van der Waals surface area contributed by atoms with Gasteiger partial charge in [0.15, 0.2) is 5.78 Å². The Labute approximate surface area is 101 Å². The molecule has 0 spiro atoms. The number of carbonyl (C=O) groups excluding carboxylic acids is 1. The minimum atomic E-state index is -1.24. The molecule has 0 bridgehead atoms. The molecule has 18 heavy (non-hydrogen) atoms. The quantitative estimate of drug-likeness (QED) is 0.658. The Morgan fingerprint density at radius 3 is 2.17 bits per heavy atom. The van der Waals surface area contributed by atoms with E-state index < -0.39 is 28.8 Å². The number of nitrogen functional groups attached to an aromatic ring is 1. The van der Waals surface area contributed by atoms with Gasteiger partial charge in [0, 0.05) is 23.4 Å². The minimum Gasteiger partial charge on any atom is -0.399 e. The molecule has 0 saturated heterocycles. The van der Waals surface area contributed by atoms with Gasteiger partial charge in [-0.3, -0.25) is 4.79 Å². The van der Waals surface area contributed by atoms with Gasteiger partial charge in [-0.1, -0.05) is 12.1 Å². The lowest BCUT2D eigenvalue weighted by Crippen LogP contribution is -2.08. The SMILES string of the molecule is Nc1cccc(C(=O)c2c(F)cc(F)cc2F)c1. The molecule has 0 fully saturated rings. The van der Waals surface area contributed by atoms with Gasteiger partial charge >= 0.3 is 0 Å². The highest BCUT2D eigenvalue weighted by molar-refractivity contribution is 6.09. The van der Waals surface area contributed by atoms with Crippen LogP contribution in [0.4, 0.5) is 18.9 Å². The van der Waals surface area contributed by atoms with Crippen molar-refractivity contribution in [1.29, 1.82) is 0 Å². The van der Waals surface area contributed by atoms with Crippen molar-refractivity contribution in [3.05, 3.63) is 65.0 Å². The van der Waals surface area contributed by atoms with E-state index in [9.17, 15) is 18.0 Å². The highest BCUT2D eigenvalue weighted by Gasteiger charge is 2.20. The Balaban J connectivity index is 2.53. The van der Waals surface area contributed by atoms with Gasteiger partial charge in [-0.2, -0.15) is 0 Å². The molecule has 0 atom stereocenters. The molecule has 0 aliphatic heterocycles. The summed E-state index contributed by atoms with van der Waals surface area (Å²) in [5.41, 5.74) is 5.02. The highest BCUT2D eigenvalue weighted by atomic mass is 19.1. The van der Waals surface area contributed by atoms with E-state index >= 15 is 0 Å². The van der Waals surface area contributed by atoms with Crippen molar-refractivity contribution in [2.45, 2.75) is 0 Å². The van der Waals surface area contributed by atoms with Crippen molar-refractivity contribution in [2.24, 2.45) is 0 Å². The average Bonchev–Trinajstić information content (AvgIpc) is 2.27. The molecule has 2 rings (SSSR count). The molecule has 2 N–H and O–H groups in total. The van der Waals surface area contributed by atoms with E-state index in [1.54, 1.807) is 0 Å². The van der Waals surface area contributed by atoms with Crippen LogP contribution >= 0.6 is 0 Å². The van der Waals surface area contributed by atoms with Crippen LogP contribution in [0.15, 0.2) is 36.4 Å². The smallest absolute Gasteiger partial charge is 0.199 e. The molecule has 0 unspecified atom stereocenters. The summed E-state index contributed by atoms with van der Waals surface area (Å²) in [7, 11) is 0. The first kappa shape index (κ1) is 12.2. The second kappa shape index (κ2) is 4.52. The zero-order valence-corrected chi connectivity index (χ0v) is 9.08. The lowest BCUT2D eigenvalue weighted by Gasteiger charge is -2.05. The summed E-state index contributed by atoms with van der Waals surface area (Å²) in [5.74, 6) is -4.42. The van der Waals surface area contributed by atoms with Crippen LogP contribution in [0.25, 0.3) is 0 Å². The van der Waals surface area contributed by atoms with E-state index in [1.807, 2.05) is 0 Å². The largest absolute Gasteiger partial charge is 0.399 e. The third kappa shape index (κ3) is 2.20. The van der Waals surface area contributed by atoms with Crippen LogP contribution in [0.5, 0.6) is 0 Å². The standard InChI is InChI=1S/C13H8F3NO/c14-8-5-10(15)12(11(16)6-8)13(18)7-2-1-3-9(17)4-7/h1-6H,17H2. The number of halogens is 3. The van der Waals surface area contributed by atoms with Crippen LogP contribution in [0.3, 0.4) is 0 Å². The zero-order chi connectivity index (χ0) is 13.3. The average molecular weight is 251 g/mol. The number of anilines is 1. The second-order valence-corrected chi connectivity index (χ2v) is 3.70. The van der Waals surface area contributed by atoms with Crippen molar-refractivity contribution in [1.82, 2.24) is 0 Å². The van der Waals surface area contributed by atoms with Crippen molar-refractivity contribution in [3.63, 3.8) is 0 Å². The molecule has 0 aliphatic carbocycles. The summed E-state index contributed by atoms with van der Waals surface area (Å²) in [6.45, 7) is 0. The van der Waals surface area contributed by atoms with E-state index in [0.717, 1.165) is 0 Å². The molecule has 0 amide bonds. The lowest BCUT2D eigenvalue weighted by atomic mass is 10.0. The first-order valence-electron chi connectivity index (χ1n) is 5.04. The molecule has 0 aliphatic rings. The van der Waals surface area contributed by atoms with E-state index in [4.69, 9.17) is 5.73 Å². The van der Waals surface area contributed by atoms with Crippen LogP contribution in [0.1, 0.15) is 15.9 Å². The van der Waals surface area contributed by atoms with Crippen LogP contribution < -0.4 is 5.73 Å². The highest BCUT2D eigenvalue weighted by Crippen LogP contribution is 2.19. The van der Waals surface area contributed by atoms with Gasteiger partial charge in [-0.15, -0.1) is 0 Å². The van der Waals surface area contributed by atoms with E-state index in [0.29, 0.717) is 17.8 Å². The summed E-state index contributed by atoms with van der Waals surface area (Å²) in [6, 6.07) is 6.62. The summed E-state index contributed by atoms with van der Waals surface area (Å²) >= 11 is 0. The molecular weight excluding hydrogens is 243 g/mol. The minimum absolute atomic E-state index is 0.0411. The van der Waals surface area contributed by atoms with Crippen LogP contribution in [0.2, 0.25) is 0 Å². The van der Waals surface area contributed by atoms with Gasteiger partial charge < -0.3 is 5.73 Å². The molecular formula is C13H8F3NO. The Morgan fingerprint density at radius 2 is 1.61 bits per heavy atom. The summed E-state index contributed by atoms with van der Waals surface area (Å²) in [6.07, 6.45) is 0. The van der Waals surface area contributed by atoms with Crippen molar-refractivity contribution in [3.8, 4) is 0 Å². The molecule has 0 saturated carbocycles. The van der Waals surface area contributed by atoms with Crippen molar-refractivity contribution in [2.75, 3.05) is 5.73 Å². The van der Waals surface area contributed by atoms with Crippen LogP contribution in [-0.2, 0) is 0 Å². The molecule has 5 heteroatoms. The Hall–Kier alpha value is -2.30. The molecule has 2 aromatic carbocycles. The number of rotatable bonds is 2. The Morgan fingerprint density at radius 1 is 1.00 bits per heavy atom. The second-order valence-electron chi connectivity index (χ2n) is 3.70. The maximum absolute atomic E-state index is 13.4. The number of hydrogen-bond acceptors (Lipinski definition) is 2. The van der Waals surface area contributed by atoms with Crippen LogP contribution in [-0.4, -0.2) is 5.78 Å². The van der Waals surface area contributed by atoms with Crippen LogP contribution in [0, 0.1) is 17.5 Å². The van der Waals surface area contributed by atoms with Gasteiger partial charge in [0.2, 0.25) is 0 Å². The predicted octanol–water partition coefficient (Wildman–Crippen LogP) is 2.92. The molecule has 0 radical (unpaired) electrons. The number of ketones is 1. The number of hydrogen-bond donors (Lipinski definition) is 1. The maximum Gasteiger partial charge on any atom is 0.199 e. The Bertz CT molecular complexity index is 602. The molecule has 0 aromatic heterocycles. The van der Waals surface area contributed by atoms with Gasteiger partial charge in [0.05, 0.1) is 5.56 Å². The first-order valence-corrected chi connectivity index (χ1v) is 5.04. The zero-order valence-electron chi connectivity index (χ0n) is 9.08. The van der Waals surface area contributed by atoms with E-state index in [-0.39, 0.29) is 5.56 Å². The monoisotopic (exact) mass is 251 g/mol. The third-order valence-electron chi connectivity index (χ3n) is 2.38. The van der Waals surface area contributed by atoms with Crippen molar-refractivity contribution >= 4 is 11.5 Å². The maximum atomic E-state index is 13.4. The number of benzene rings is 2. The van der Waals surface area contributed by atoms with Gasteiger partial charge in [-0.05, 0) is 12.1 Å². The third-order valence-corrected chi connectivity index (χ3v) is 2.38. The molecule has 2 aromatic rings. The van der Waals surface area contributed by atoms with E-state index in [1.165, 1.54) is 24.3 Å². The summed E-state index contributed by atoms with van der Waals surface area (Å²) in [5, 5.41) is 0. The molecule has 2 nitrogen and oxygen atoms in total. The van der Waals surface area contributed by atoms with Gasteiger partial charge in [0.1, 0.15) is 17.5 Å². The fraction of sp³-hybridized carbons (Fsp3) is 0. The number of nitrogens with two attached hydrogens (primary N) is 1. The van der Waals surface area contributed by atoms with Gasteiger partial charge in [0.25, 0.3) is 0 Å². The topological polar surface area (TPSA) is 43.1 Å².